The molecule has 1 saturated heterocycles. The minimum Gasteiger partial charge on any atom is -0.337 e. The van der Waals surface area contributed by atoms with Crippen LogP contribution in [0.15, 0.2) is 34.4 Å². The highest BCUT2D eigenvalue weighted by atomic mass is 32.1. The first-order chi connectivity index (χ1) is 11.4. The molecule has 24 heavy (non-hydrogen) atoms. The number of amides is 1. The molecule has 6 heteroatoms. The molecule has 0 aromatic carbocycles. The number of hydrogen-bond donors (Lipinski definition) is 0. The second-order valence-corrected chi connectivity index (χ2v) is 8.21. The SMILES string of the molecule is CC(C)(C)C(=O)N1CCC[C@@H]1Cn1nc(-c2cccs2)ccc1=O. The summed E-state index contributed by atoms with van der Waals surface area (Å²) in [6, 6.07) is 7.33. The Balaban J connectivity index is 1.84. The minimum absolute atomic E-state index is 0.0421. The van der Waals surface area contributed by atoms with E-state index in [4.69, 9.17) is 0 Å². The van der Waals surface area contributed by atoms with E-state index < -0.39 is 5.41 Å². The summed E-state index contributed by atoms with van der Waals surface area (Å²) >= 11 is 1.60. The Hall–Kier alpha value is -1.95. The van der Waals surface area contributed by atoms with Crippen LogP contribution in [0.25, 0.3) is 10.6 Å². The summed E-state index contributed by atoms with van der Waals surface area (Å²) in [7, 11) is 0. The molecule has 0 aliphatic carbocycles. The molecule has 2 aromatic heterocycles. The summed E-state index contributed by atoms with van der Waals surface area (Å²) in [5.74, 6) is 0.146. The van der Waals surface area contributed by atoms with Crippen LogP contribution in [0, 0.1) is 5.41 Å². The van der Waals surface area contributed by atoms with E-state index in [9.17, 15) is 9.59 Å². The van der Waals surface area contributed by atoms with Gasteiger partial charge >= 0.3 is 0 Å². The third-order valence-corrected chi connectivity index (χ3v) is 5.20. The zero-order valence-corrected chi connectivity index (χ0v) is 15.2. The molecule has 0 bridgehead atoms. The molecule has 5 nitrogen and oxygen atoms in total. The van der Waals surface area contributed by atoms with Gasteiger partial charge in [0.1, 0.15) is 5.69 Å². The van der Waals surface area contributed by atoms with Crippen molar-refractivity contribution in [1.82, 2.24) is 14.7 Å². The Morgan fingerprint density at radius 3 is 2.79 bits per heavy atom. The van der Waals surface area contributed by atoms with Crippen LogP contribution in [0.5, 0.6) is 0 Å². The lowest BCUT2D eigenvalue weighted by molar-refractivity contribution is -0.140. The smallest absolute Gasteiger partial charge is 0.266 e. The first kappa shape index (κ1) is 16.9. The van der Waals surface area contributed by atoms with Gasteiger partial charge in [0.25, 0.3) is 5.56 Å². The molecule has 1 atom stereocenters. The average Bonchev–Trinajstić information content (AvgIpc) is 3.19. The van der Waals surface area contributed by atoms with Gasteiger partial charge in [-0.3, -0.25) is 9.59 Å². The van der Waals surface area contributed by atoms with E-state index in [2.05, 4.69) is 5.10 Å². The summed E-state index contributed by atoms with van der Waals surface area (Å²) < 4.78 is 1.51. The van der Waals surface area contributed by atoms with Crippen LogP contribution in [0.4, 0.5) is 0 Å². The lowest BCUT2D eigenvalue weighted by atomic mass is 9.94. The molecule has 3 rings (SSSR count). The van der Waals surface area contributed by atoms with Crippen LogP contribution in [0.2, 0.25) is 0 Å². The first-order valence-electron chi connectivity index (χ1n) is 8.29. The topological polar surface area (TPSA) is 55.2 Å². The van der Waals surface area contributed by atoms with Gasteiger partial charge in [-0.15, -0.1) is 11.3 Å². The molecular weight excluding hydrogens is 322 g/mol. The van der Waals surface area contributed by atoms with Crippen molar-refractivity contribution in [2.24, 2.45) is 5.41 Å². The summed E-state index contributed by atoms with van der Waals surface area (Å²) in [5.41, 5.74) is 0.279. The number of carbonyl (C=O) groups excluding carboxylic acids is 1. The summed E-state index contributed by atoms with van der Waals surface area (Å²) in [6.45, 7) is 7.03. The number of likely N-dealkylation sites (tertiary alicyclic amines) is 1. The molecule has 0 unspecified atom stereocenters. The maximum atomic E-state index is 12.6. The maximum absolute atomic E-state index is 12.6. The summed E-state index contributed by atoms with van der Waals surface area (Å²) in [4.78, 5) is 27.8. The fraction of sp³-hybridized carbons (Fsp3) is 0.500. The molecule has 0 radical (unpaired) electrons. The van der Waals surface area contributed by atoms with E-state index in [1.165, 1.54) is 4.68 Å². The van der Waals surface area contributed by atoms with Gasteiger partial charge in [-0.05, 0) is 30.4 Å². The number of thiophene rings is 1. The Morgan fingerprint density at radius 2 is 2.12 bits per heavy atom. The first-order valence-corrected chi connectivity index (χ1v) is 9.17. The van der Waals surface area contributed by atoms with Crippen molar-refractivity contribution in [1.29, 1.82) is 0 Å². The van der Waals surface area contributed by atoms with Gasteiger partial charge in [0, 0.05) is 18.0 Å². The predicted octanol–water partition coefficient (Wildman–Crippen LogP) is 3.01. The number of aromatic nitrogens is 2. The average molecular weight is 345 g/mol. The van der Waals surface area contributed by atoms with Gasteiger partial charge in [-0.25, -0.2) is 4.68 Å². The largest absolute Gasteiger partial charge is 0.337 e. The van der Waals surface area contributed by atoms with E-state index >= 15 is 0 Å². The Kier molecular flexibility index (Phi) is 4.58. The van der Waals surface area contributed by atoms with Gasteiger partial charge in [-0.1, -0.05) is 26.8 Å². The van der Waals surface area contributed by atoms with Crippen molar-refractivity contribution < 1.29 is 4.79 Å². The standard InChI is InChI=1S/C18H23N3O2S/c1-18(2,3)17(23)20-10-4-6-13(20)12-21-16(22)9-8-14(19-21)15-7-5-11-24-15/h5,7-9,11,13H,4,6,10,12H2,1-3H3/t13-/m1/s1. The highest BCUT2D eigenvalue weighted by Gasteiger charge is 2.35. The molecular formula is C18H23N3O2S. The number of rotatable bonds is 3. The maximum Gasteiger partial charge on any atom is 0.266 e. The van der Waals surface area contributed by atoms with Crippen molar-refractivity contribution in [3.05, 3.63) is 40.0 Å². The minimum atomic E-state index is -0.403. The van der Waals surface area contributed by atoms with Crippen LogP contribution < -0.4 is 5.56 Å². The molecule has 0 spiro atoms. The number of carbonyl (C=O) groups is 1. The molecule has 2 aromatic rings. The van der Waals surface area contributed by atoms with Gasteiger partial charge in [-0.2, -0.15) is 5.10 Å². The fourth-order valence-corrected chi connectivity index (χ4v) is 3.75. The third-order valence-electron chi connectivity index (χ3n) is 4.30. The Bertz CT molecular complexity index is 774. The van der Waals surface area contributed by atoms with Gasteiger partial charge in [0.15, 0.2) is 0 Å². The van der Waals surface area contributed by atoms with E-state index in [-0.39, 0.29) is 17.5 Å². The van der Waals surface area contributed by atoms with Gasteiger partial charge < -0.3 is 4.90 Å². The van der Waals surface area contributed by atoms with Crippen molar-refractivity contribution in [2.45, 2.75) is 46.2 Å². The van der Waals surface area contributed by atoms with Crippen LogP contribution >= 0.6 is 11.3 Å². The van der Waals surface area contributed by atoms with Crippen molar-refractivity contribution in [3.63, 3.8) is 0 Å². The van der Waals surface area contributed by atoms with E-state index in [0.717, 1.165) is 30.0 Å². The zero-order chi connectivity index (χ0) is 17.3. The quantitative estimate of drug-likeness (QED) is 0.859. The normalized spacial score (nSPS) is 18.1. The van der Waals surface area contributed by atoms with Crippen LogP contribution in [0.3, 0.4) is 0 Å². The lowest BCUT2D eigenvalue weighted by Gasteiger charge is -2.31. The molecule has 128 valence electrons. The molecule has 1 fully saturated rings. The van der Waals surface area contributed by atoms with Crippen LogP contribution in [0.1, 0.15) is 33.6 Å². The van der Waals surface area contributed by atoms with E-state index in [1.807, 2.05) is 43.2 Å². The highest BCUT2D eigenvalue weighted by molar-refractivity contribution is 7.13. The van der Waals surface area contributed by atoms with Crippen LogP contribution in [-0.4, -0.2) is 33.2 Å². The van der Waals surface area contributed by atoms with Gasteiger partial charge in [0.2, 0.25) is 5.91 Å². The molecule has 1 amide bonds. The van der Waals surface area contributed by atoms with E-state index in [0.29, 0.717) is 6.54 Å². The van der Waals surface area contributed by atoms with Gasteiger partial charge in [0.05, 0.1) is 17.5 Å². The molecule has 1 aliphatic heterocycles. The fourth-order valence-electron chi connectivity index (χ4n) is 3.06. The molecule has 3 heterocycles. The summed E-state index contributed by atoms with van der Waals surface area (Å²) in [6.07, 6.45) is 1.89. The van der Waals surface area contributed by atoms with Crippen molar-refractivity contribution in [2.75, 3.05) is 6.54 Å². The Morgan fingerprint density at radius 1 is 1.33 bits per heavy atom. The molecule has 0 saturated carbocycles. The van der Waals surface area contributed by atoms with Crippen molar-refractivity contribution in [3.8, 4) is 10.6 Å². The highest BCUT2D eigenvalue weighted by Crippen LogP contribution is 2.26. The second kappa shape index (κ2) is 6.51. The third kappa shape index (κ3) is 3.43. The van der Waals surface area contributed by atoms with Crippen molar-refractivity contribution >= 4 is 17.2 Å². The lowest BCUT2D eigenvalue weighted by Crippen LogP contribution is -2.45. The zero-order valence-electron chi connectivity index (χ0n) is 14.4. The number of nitrogens with zero attached hydrogens (tertiary/aromatic N) is 3. The molecule has 0 N–H and O–H groups in total. The monoisotopic (exact) mass is 345 g/mol. The van der Waals surface area contributed by atoms with Crippen LogP contribution in [-0.2, 0) is 11.3 Å². The predicted molar refractivity (Wildman–Crippen MR) is 96.0 cm³/mol. The molecule has 1 aliphatic rings. The van der Waals surface area contributed by atoms with E-state index in [1.54, 1.807) is 23.5 Å². The Labute approximate surface area is 145 Å². The summed E-state index contributed by atoms with van der Waals surface area (Å²) in [5, 5.41) is 6.50. The second-order valence-electron chi connectivity index (χ2n) is 7.26. The number of hydrogen-bond acceptors (Lipinski definition) is 4.